The van der Waals surface area contributed by atoms with Gasteiger partial charge in [-0.25, -0.2) is 0 Å². The van der Waals surface area contributed by atoms with Gasteiger partial charge in [-0.2, -0.15) is 16.8 Å². The van der Waals surface area contributed by atoms with Gasteiger partial charge in [0.05, 0.1) is 11.4 Å². The number of anilines is 3. The average molecular weight is 545 g/mol. The highest BCUT2D eigenvalue weighted by Crippen LogP contribution is 2.34. The maximum Gasteiger partial charge on any atom is 0.297 e. The maximum atomic E-state index is 13.0. The van der Waals surface area contributed by atoms with Crippen molar-refractivity contribution in [3.63, 3.8) is 0 Å². The number of hydrogen-bond donors (Lipinski definition) is 5. The maximum absolute atomic E-state index is 13.0. The molecule has 0 bridgehead atoms. The summed E-state index contributed by atoms with van der Waals surface area (Å²) in [6.45, 7) is 0. The number of aromatic nitrogens is 1. The number of nitrogen functional groups attached to an aromatic ring is 1. The molecular weight excluding hydrogens is 524 g/mol. The lowest BCUT2D eigenvalue weighted by Gasteiger charge is -2.13. The van der Waals surface area contributed by atoms with Crippen LogP contribution in [0.15, 0.2) is 76.7 Å². The van der Waals surface area contributed by atoms with Crippen molar-refractivity contribution in [2.45, 2.75) is 9.79 Å². The molecule has 0 saturated heterocycles. The summed E-state index contributed by atoms with van der Waals surface area (Å²) in [5, 5.41) is 4.61. The van der Waals surface area contributed by atoms with E-state index in [1.165, 1.54) is 48.1 Å². The molecule has 0 radical (unpaired) electrons. The number of hydrogen-bond acceptors (Lipinski definition) is 7. The number of fused-ring (bicyclic) bond motifs is 1. The summed E-state index contributed by atoms with van der Waals surface area (Å²) in [5.41, 5.74) is 6.35. The topological polar surface area (TPSA) is 198 Å². The Morgan fingerprint density at radius 2 is 1.54 bits per heavy atom. The van der Waals surface area contributed by atoms with Crippen LogP contribution in [-0.2, 0) is 27.3 Å². The molecule has 12 nitrogen and oxygen atoms in total. The quantitative estimate of drug-likeness (QED) is 0.179. The third kappa shape index (κ3) is 5.31. The van der Waals surface area contributed by atoms with E-state index in [0.717, 1.165) is 12.1 Å². The highest BCUT2D eigenvalue weighted by atomic mass is 32.2. The Morgan fingerprint density at radius 3 is 2.19 bits per heavy atom. The fraction of sp³-hybridized carbons (Fsp3) is 0.0435. The van der Waals surface area contributed by atoms with Gasteiger partial charge in [-0.15, -0.1) is 0 Å². The summed E-state index contributed by atoms with van der Waals surface area (Å²) in [4.78, 5) is 24.2. The summed E-state index contributed by atoms with van der Waals surface area (Å²) in [6.07, 6.45) is 1.46. The first-order valence-electron chi connectivity index (χ1n) is 10.4. The minimum Gasteiger partial charge on any atom is -0.399 e. The minimum atomic E-state index is -4.97. The SMILES string of the molecule is Cn1cc(NC(=O)c2cccc(N)c2)cc1C(=O)Nc1ccc2c(S(=O)(=O)O)cccc2c1S(=O)(=O)O. The predicted molar refractivity (Wildman–Crippen MR) is 136 cm³/mol. The van der Waals surface area contributed by atoms with Gasteiger partial charge in [0.2, 0.25) is 0 Å². The van der Waals surface area contributed by atoms with E-state index in [9.17, 15) is 35.5 Å². The number of rotatable bonds is 6. The van der Waals surface area contributed by atoms with E-state index in [0.29, 0.717) is 11.3 Å². The van der Waals surface area contributed by atoms with Crippen molar-refractivity contribution in [2.75, 3.05) is 16.4 Å². The normalized spacial score (nSPS) is 11.9. The van der Waals surface area contributed by atoms with Crippen LogP contribution in [0.2, 0.25) is 0 Å². The predicted octanol–water partition coefficient (Wildman–Crippen LogP) is 2.76. The number of carbonyl (C=O) groups excluding carboxylic acids is 2. The van der Waals surface area contributed by atoms with Crippen molar-refractivity contribution in [3.8, 4) is 0 Å². The molecule has 6 N–H and O–H groups in total. The van der Waals surface area contributed by atoms with Gasteiger partial charge in [-0.05, 0) is 36.4 Å². The third-order valence-electron chi connectivity index (χ3n) is 5.40. The second-order valence-corrected chi connectivity index (χ2v) is 10.8. The van der Waals surface area contributed by atoms with Crippen molar-refractivity contribution in [1.29, 1.82) is 0 Å². The summed E-state index contributed by atoms with van der Waals surface area (Å²) in [7, 11) is -8.16. The van der Waals surface area contributed by atoms with E-state index in [1.807, 2.05) is 0 Å². The smallest absolute Gasteiger partial charge is 0.297 e. The second kappa shape index (κ2) is 9.33. The first-order valence-corrected chi connectivity index (χ1v) is 13.3. The number of benzene rings is 3. The highest BCUT2D eigenvalue weighted by molar-refractivity contribution is 7.86. The van der Waals surface area contributed by atoms with Crippen molar-refractivity contribution < 1.29 is 35.5 Å². The molecular formula is C23H20N4O8S2. The van der Waals surface area contributed by atoms with Gasteiger partial charge in [-0.1, -0.05) is 24.3 Å². The monoisotopic (exact) mass is 544 g/mol. The minimum absolute atomic E-state index is 0.0240. The van der Waals surface area contributed by atoms with E-state index in [-0.39, 0.29) is 27.8 Å². The van der Waals surface area contributed by atoms with Gasteiger partial charge in [0.25, 0.3) is 32.1 Å². The Bertz CT molecular complexity index is 1790. The van der Waals surface area contributed by atoms with Crippen molar-refractivity contribution in [3.05, 3.63) is 78.1 Å². The van der Waals surface area contributed by atoms with Crippen LogP contribution in [0.25, 0.3) is 10.8 Å². The molecule has 0 aliphatic heterocycles. The number of nitrogens with one attached hydrogen (secondary N) is 2. The standard InChI is InChI=1S/C23H20N4O8S2/c1-27-12-15(25-22(28)13-4-2-5-14(24)10-13)11-19(27)23(29)26-18-9-8-16-17(21(18)37(33,34)35)6-3-7-20(16)36(30,31)32/h2-12H,24H2,1H3,(H,25,28)(H,26,29)(H,30,31,32)(H,33,34,35). The molecule has 0 aliphatic rings. The third-order valence-corrected chi connectivity index (χ3v) is 7.27. The van der Waals surface area contributed by atoms with Crippen LogP contribution in [0.3, 0.4) is 0 Å². The number of amides is 2. The molecule has 192 valence electrons. The van der Waals surface area contributed by atoms with Crippen LogP contribution in [0.5, 0.6) is 0 Å². The summed E-state index contributed by atoms with van der Waals surface area (Å²) in [5.74, 6) is -1.26. The van der Waals surface area contributed by atoms with Crippen LogP contribution >= 0.6 is 0 Å². The van der Waals surface area contributed by atoms with Crippen LogP contribution in [0.1, 0.15) is 20.8 Å². The van der Waals surface area contributed by atoms with Gasteiger partial charge >= 0.3 is 0 Å². The lowest BCUT2D eigenvalue weighted by atomic mass is 10.1. The molecule has 1 aromatic heterocycles. The first kappa shape index (κ1) is 25.8. The fourth-order valence-electron chi connectivity index (χ4n) is 3.83. The Kier molecular flexibility index (Phi) is 6.51. The average Bonchev–Trinajstić information content (AvgIpc) is 3.16. The molecule has 0 unspecified atom stereocenters. The number of aryl methyl sites for hydroxylation is 1. The zero-order chi connectivity index (χ0) is 27.1. The lowest BCUT2D eigenvalue weighted by Crippen LogP contribution is -2.17. The second-order valence-electron chi connectivity index (χ2n) is 8.00. The van der Waals surface area contributed by atoms with E-state index in [2.05, 4.69) is 10.6 Å². The number of nitrogens with zero attached hydrogens (tertiary/aromatic N) is 1. The lowest BCUT2D eigenvalue weighted by molar-refractivity contribution is 0.101. The van der Waals surface area contributed by atoms with E-state index < -0.39 is 41.8 Å². The fourth-order valence-corrected chi connectivity index (χ4v) is 5.39. The molecule has 3 aromatic carbocycles. The number of carbonyl (C=O) groups is 2. The molecule has 14 heteroatoms. The number of nitrogens with two attached hydrogens (primary N) is 1. The van der Waals surface area contributed by atoms with Crippen LogP contribution < -0.4 is 16.4 Å². The molecule has 0 atom stereocenters. The zero-order valence-electron chi connectivity index (χ0n) is 19.0. The van der Waals surface area contributed by atoms with Crippen LogP contribution in [0, 0.1) is 0 Å². The highest BCUT2D eigenvalue weighted by Gasteiger charge is 2.25. The molecule has 2 amide bonds. The van der Waals surface area contributed by atoms with Crippen molar-refractivity contribution >= 4 is 59.9 Å². The van der Waals surface area contributed by atoms with Gasteiger partial charge < -0.3 is 20.9 Å². The molecule has 4 aromatic rings. The largest absolute Gasteiger partial charge is 0.399 e. The molecule has 37 heavy (non-hydrogen) atoms. The van der Waals surface area contributed by atoms with Gasteiger partial charge in [-0.3, -0.25) is 18.7 Å². The van der Waals surface area contributed by atoms with E-state index >= 15 is 0 Å². The Labute approximate surface area is 211 Å². The van der Waals surface area contributed by atoms with E-state index in [1.54, 1.807) is 18.2 Å². The summed E-state index contributed by atoms with van der Waals surface area (Å²) in [6, 6.07) is 13.4. The Morgan fingerprint density at radius 1 is 0.838 bits per heavy atom. The molecule has 0 aliphatic carbocycles. The molecule has 0 fully saturated rings. The summed E-state index contributed by atoms with van der Waals surface area (Å²) >= 11 is 0. The molecule has 1 heterocycles. The zero-order valence-corrected chi connectivity index (χ0v) is 20.7. The molecule has 0 spiro atoms. The van der Waals surface area contributed by atoms with E-state index in [4.69, 9.17) is 5.73 Å². The molecule has 0 saturated carbocycles. The van der Waals surface area contributed by atoms with Crippen molar-refractivity contribution in [1.82, 2.24) is 4.57 Å². The van der Waals surface area contributed by atoms with Crippen LogP contribution in [0.4, 0.5) is 17.1 Å². The van der Waals surface area contributed by atoms with Gasteiger partial charge in [0.1, 0.15) is 15.5 Å². The van der Waals surface area contributed by atoms with Crippen molar-refractivity contribution in [2.24, 2.45) is 7.05 Å². The Hall–Kier alpha value is -4.24. The summed E-state index contributed by atoms with van der Waals surface area (Å²) < 4.78 is 68.6. The van der Waals surface area contributed by atoms with Crippen LogP contribution in [-0.4, -0.2) is 42.3 Å². The van der Waals surface area contributed by atoms with Gasteiger partial charge in [0, 0.05) is 35.3 Å². The Balaban J connectivity index is 1.69. The molecule has 4 rings (SSSR count). The van der Waals surface area contributed by atoms with Gasteiger partial charge in [0.15, 0.2) is 0 Å². The first-order chi connectivity index (χ1) is 17.3.